The van der Waals surface area contributed by atoms with Crippen molar-refractivity contribution >= 4 is 28.5 Å². The van der Waals surface area contributed by atoms with Gasteiger partial charge in [0.15, 0.2) is 0 Å². The number of allylic oxidation sites excluding steroid dienone is 2. The summed E-state index contributed by atoms with van der Waals surface area (Å²) in [6.07, 6.45) is 8.43. The zero-order valence-corrected chi connectivity index (χ0v) is 16.1. The third-order valence-corrected chi connectivity index (χ3v) is 5.42. The molecule has 0 aromatic heterocycles. The summed E-state index contributed by atoms with van der Waals surface area (Å²) in [7, 11) is 0. The molecule has 0 saturated carbocycles. The van der Waals surface area contributed by atoms with Gasteiger partial charge in [0.05, 0.1) is 23.3 Å². The van der Waals surface area contributed by atoms with E-state index in [0.29, 0.717) is 11.1 Å². The van der Waals surface area contributed by atoms with Gasteiger partial charge in [0.25, 0.3) is 0 Å². The minimum atomic E-state index is 0.00785. The maximum atomic E-state index is 9.17. The summed E-state index contributed by atoms with van der Waals surface area (Å²) >= 11 is 0. The lowest BCUT2D eigenvalue weighted by molar-refractivity contribution is 0.897. The molecular formula is C26H17N4+. The van der Waals surface area contributed by atoms with Crippen LogP contribution in [0.4, 0.5) is 22.7 Å². The van der Waals surface area contributed by atoms with E-state index in [0.717, 1.165) is 28.5 Å². The fraction of sp³-hybridized carbons (Fsp3) is 0.0385. The van der Waals surface area contributed by atoms with Gasteiger partial charge in [-0.15, -0.1) is 0 Å². The second-order valence-electron chi connectivity index (χ2n) is 7.13. The van der Waals surface area contributed by atoms with E-state index in [1.807, 2.05) is 66.7 Å². The van der Waals surface area contributed by atoms with Gasteiger partial charge in [0.2, 0.25) is 17.1 Å². The minimum absolute atomic E-state index is 0.00785. The smallest absolute Gasteiger partial charge is 0.235 e. The van der Waals surface area contributed by atoms with E-state index in [2.05, 4.69) is 52.0 Å². The van der Waals surface area contributed by atoms with E-state index >= 15 is 0 Å². The van der Waals surface area contributed by atoms with Crippen molar-refractivity contribution < 1.29 is 0 Å². The molecule has 0 bridgehead atoms. The summed E-state index contributed by atoms with van der Waals surface area (Å²) in [4.78, 5) is 2.30. The molecule has 3 aromatic rings. The van der Waals surface area contributed by atoms with Gasteiger partial charge < -0.3 is 4.90 Å². The monoisotopic (exact) mass is 385 g/mol. The predicted molar refractivity (Wildman–Crippen MR) is 119 cm³/mol. The van der Waals surface area contributed by atoms with Crippen LogP contribution in [0.2, 0.25) is 0 Å². The second-order valence-corrected chi connectivity index (χ2v) is 7.13. The molecule has 1 atom stereocenters. The van der Waals surface area contributed by atoms with Crippen LogP contribution in [0.5, 0.6) is 0 Å². The zero-order valence-electron chi connectivity index (χ0n) is 16.1. The number of nitriles is 2. The molecule has 5 rings (SSSR count). The Morgan fingerprint density at radius 2 is 1.43 bits per heavy atom. The van der Waals surface area contributed by atoms with Crippen LogP contribution in [0, 0.1) is 22.7 Å². The predicted octanol–water partition coefficient (Wildman–Crippen LogP) is 5.35. The summed E-state index contributed by atoms with van der Waals surface area (Å²) in [6, 6.07) is 28.1. The highest BCUT2D eigenvalue weighted by atomic mass is 15.2. The van der Waals surface area contributed by atoms with Crippen molar-refractivity contribution in [2.24, 2.45) is 0 Å². The number of rotatable bonds is 2. The Morgan fingerprint density at radius 1 is 0.767 bits per heavy atom. The SMILES string of the molecule is N#Cc1ccc(N2c3ccccc3[N+](c3ccc(C#N)cc3)=C3C=CC=CC32)cc1. The number of fused-ring (bicyclic) bond motifs is 2. The van der Waals surface area contributed by atoms with E-state index in [1.54, 1.807) is 0 Å². The zero-order chi connectivity index (χ0) is 20.5. The maximum absolute atomic E-state index is 9.17. The Balaban J connectivity index is 1.74. The molecule has 1 heterocycles. The fourth-order valence-corrected chi connectivity index (χ4v) is 4.06. The molecule has 0 spiro atoms. The first-order chi connectivity index (χ1) is 14.8. The highest BCUT2D eigenvalue weighted by molar-refractivity contribution is 6.11. The fourth-order valence-electron chi connectivity index (χ4n) is 4.06. The summed E-state index contributed by atoms with van der Waals surface area (Å²) in [6.45, 7) is 0. The molecular weight excluding hydrogens is 368 g/mol. The number of para-hydroxylation sites is 2. The van der Waals surface area contributed by atoms with Crippen LogP contribution in [0.3, 0.4) is 0 Å². The van der Waals surface area contributed by atoms with Crippen LogP contribution < -0.4 is 9.48 Å². The van der Waals surface area contributed by atoms with Crippen LogP contribution in [-0.4, -0.2) is 11.8 Å². The standard InChI is InChI=1S/C26H17N4/c27-17-19-9-13-21(14-10-19)29-23-5-1-2-6-24(23)30(26-8-4-3-7-25(26)29)22-15-11-20(18-28)12-16-22/h1-16,23H/q+1. The van der Waals surface area contributed by atoms with Gasteiger partial charge in [0.1, 0.15) is 11.7 Å². The molecule has 0 amide bonds. The van der Waals surface area contributed by atoms with Gasteiger partial charge >= 0.3 is 0 Å². The van der Waals surface area contributed by atoms with Gasteiger partial charge in [-0.2, -0.15) is 15.1 Å². The summed E-state index contributed by atoms with van der Waals surface area (Å²) in [5.74, 6) is 0. The minimum Gasteiger partial charge on any atom is -0.319 e. The Hall–Kier alpha value is -4.41. The van der Waals surface area contributed by atoms with Crippen LogP contribution >= 0.6 is 0 Å². The molecule has 2 aliphatic rings. The molecule has 0 radical (unpaired) electrons. The number of anilines is 2. The molecule has 1 aliphatic heterocycles. The first kappa shape index (κ1) is 17.7. The highest BCUT2D eigenvalue weighted by Gasteiger charge is 2.39. The van der Waals surface area contributed by atoms with Gasteiger partial charge in [-0.25, -0.2) is 0 Å². The lowest BCUT2D eigenvalue weighted by atomic mass is 9.97. The summed E-state index contributed by atoms with van der Waals surface area (Å²) < 4.78 is 2.25. The van der Waals surface area contributed by atoms with E-state index in [1.165, 1.54) is 0 Å². The molecule has 30 heavy (non-hydrogen) atoms. The van der Waals surface area contributed by atoms with Crippen molar-refractivity contribution in [1.82, 2.24) is 4.58 Å². The number of hydrogen-bond donors (Lipinski definition) is 0. The van der Waals surface area contributed by atoms with E-state index in [9.17, 15) is 0 Å². The van der Waals surface area contributed by atoms with E-state index in [4.69, 9.17) is 10.5 Å². The number of benzene rings is 3. The third-order valence-electron chi connectivity index (χ3n) is 5.42. The first-order valence-electron chi connectivity index (χ1n) is 9.70. The van der Waals surface area contributed by atoms with E-state index in [-0.39, 0.29) is 6.04 Å². The molecule has 4 heteroatoms. The Morgan fingerprint density at radius 3 is 2.13 bits per heavy atom. The van der Waals surface area contributed by atoms with Crippen LogP contribution in [0.15, 0.2) is 97.1 Å². The number of hydrogen-bond acceptors (Lipinski definition) is 3. The van der Waals surface area contributed by atoms with Crippen molar-refractivity contribution in [2.45, 2.75) is 6.04 Å². The van der Waals surface area contributed by atoms with Crippen molar-refractivity contribution in [3.8, 4) is 12.1 Å². The van der Waals surface area contributed by atoms with Gasteiger partial charge in [-0.05, 0) is 42.5 Å². The van der Waals surface area contributed by atoms with Gasteiger partial charge in [0, 0.05) is 30.0 Å². The van der Waals surface area contributed by atoms with Gasteiger partial charge in [-0.3, -0.25) is 0 Å². The van der Waals surface area contributed by atoms with Crippen molar-refractivity contribution in [2.75, 3.05) is 4.90 Å². The number of nitrogens with zero attached hydrogens (tertiary/aromatic N) is 4. The first-order valence-corrected chi connectivity index (χ1v) is 9.70. The lowest BCUT2D eigenvalue weighted by Gasteiger charge is -2.35. The summed E-state index contributed by atoms with van der Waals surface area (Å²) in [5, 5.41) is 18.3. The summed E-state index contributed by atoms with van der Waals surface area (Å²) in [5.41, 5.74) is 6.61. The average molecular weight is 385 g/mol. The van der Waals surface area contributed by atoms with Crippen LogP contribution in [0.1, 0.15) is 11.1 Å². The van der Waals surface area contributed by atoms with Crippen molar-refractivity contribution in [1.29, 1.82) is 10.5 Å². The molecule has 140 valence electrons. The Kier molecular flexibility index (Phi) is 4.24. The highest BCUT2D eigenvalue weighted by Crippen LogP contribution is 2.42. The largest absolute Gasteiger partial charge is 0.319 e. The quantitative estimate of drug-likeness (QED) is 0.559. The van der Waals surface area contributed by atoms with E-state index < -0.39 is 0 Å². The molecule has 0 N–H and O–H groups in total. The molecule has 3 aromatic carbocycles. The third kappa shape index (κ3) is 2.80. The second kappa shape index (κ2) is 7.20. The van der Waals surface area contributed by atoms with Crippen LogP contribution in [0.25, 0.3) is 0 Å². The average Bonchev–Trinajstić information content (AvgIpc) is 2.82. The Labute approximate surface area is 175 Å². The van der Waals surface area contributed by atoms with Crippen molar-refractivity contribution in [3.05, 3.63) is 108 Å². The maximum Gasteiger partial charge on any atom is 0.235 e. The van der Waals surface area contributed by atoms with Gasteiger partial charge in [-0.1, -0.05) is 30.4 Å². The molecule has 0 saturated heterocycles. The lowest BCUT2D eigenvalue weighted by Crippen LogP contribution is -2.44. The normalized spacial score (nSPS) is 16.5. The van der Waals surface area contributed by atoms with Crippen LogP contribution in [-0.2, 0) is 0 Å². The van der Waals surface area contributed by atoms with Crippen molar-refractivity contribution in [3.63, 3.8) is 0 Å². The molecule has 1 unspecified atom stereocenters. The Bertz CT molecular complexity index is 1300. The molecule has 1 aliphatic carbocycles. The molecule has 4 nitrogen and oxygen atoms in total. The topological polar surface area (TPSA) is 53.8 Å². The molecule has 0 fully saturated rings.